The monoisotopic (exact) mass is 194 g/mol. The molecule has 0 atom stereocenters. The van der Waals surface area contributed by atoms with Crippen molar-refractivity contribution in [3.8, 4) is 0 Å². The second-order valence-corrected chi connectivity index (χ2v) is 3.57. The van der Waals surface area contributed by atoms with E-state index in [0.29, 0.717) is 0 Å². The van der Waals surface area contributed by atoms with Gasteiger partial charge in [-0.3, -0.25) is 0 Å². The van der Waals surface area contributed by atoms with Crippen molar-refractivity contribution in [2.24, 2.45) is 0 Å². The summed E-state index contributed by atoms with van der Waals surface area (Å²) in [6.45, 7) is 0. The molecule has 0 heterocycles. The van der Waals surface area contributed by atoms with E-state index in [2.05, 4.69) is 55.0 Å². The second-order valence-electron chi connectivity index (χ2n) is 3.57. The van der Waals surface area contributed by atoms with Crippen LogP contribution in [0.1, 0.15) is 11.1 Å². The Morgan fingerprint density at radius 3 is 1.40 bits per heavy atom. The number of hydrogen-bond donors (Lipinski definition) is 0. The first-order chi connectivity index (χ1) is 7.45. The molecule has 0 saturated carbocycles. The molecule has 0 heteroatoms. The van der Waals surface area contributed by atoms with Crippen molar-refractivity contribution in [3.05, 3.63) is 78.2 Å². The molecule has 0 spiro atoms. The Morgan fingerprint density at radius 1 is 0.600 bits per heavy atom. The fraction of sp³-hybridized carbons (Fsp3) is 0.133. The first kappa shape index (κ1) is 9.97. The van der Waals surface area contributed by atoms with Crippen LogP contribution in [0.15, 0.2) is 60.7 Å². The summed E-state index contributed by atoms with van der Waals surface area (Å²) in [7, 11) is 0. The van der Waals surface area contributed by atoms with E-state index >= 15 is 0 Å². The molecule has 0 N–H and O–H groups in total. The van der Waals surface area contributed by atoms with E-state index in [1.807, 2.05) is 12.1 Å². The summed E-state index contributed by atoms with van der Waals surface area (Å²) in [6.07, 6.45) is 5.27. The summed E-state index contributed by atoms with van der Waals surface area (Å²) in [6, 6.07) is 20.9. The standard InChI is InChI=1S/C15H14/c1-3-8-14(9-4-1)12-7-13-15-10-5-2-6-11-15/h1-6,8-11H,12-13H2. The quantitative estimate of drug-likeness (QED) is 0.698. The van der Waals surface area contributed by atoms with Crippen molar-refractivity contribution in [2.45, 2.75) is 12.8 Å². The average Bonchev–Trinajstić information content (AvgIpc) is 2.32. The first-order valence-corrected chi connectivity index (χ1v) is 5.24. The Balaban J connectivity index is 1.81. The van der Waals surface area contributed by atoms with Crippen LogP contribution >= 0.6 is 0 Å². The lowest BCUT2D eigenvalue weighted by Crippen LogP contribution is -1.90. The zero-order valence-electron chi connectivity index (χ0n) is 8.69. The third kappa shape index (κ3) is 3.25. The van der Waals surface area contributed by atoms with Crippen LogP contribution in [0.2, 0.25) is 0 Å². The number of rotatable bonds is 4. The van der Waals surface area contributed by atoms with Gasteiger partial charge in [0.2, 0.25) is 0 Å². The van der Waals surface area contributed by atoms with Gasteiger partial charge >= 0.3 is 0 Å². The summed E-state index contributed by atoms with van der Waals surface area (Å²) < 4.78 is 0. The fourth-order valence-corrected chi connectivity index (χ4v) is 1.54. The van der Waals surface area contributed by atoms with Crippen LogP contribution in [0.25, 0.3) is 0 Å². The van der Waals surface area contributed by atoms with Crippen LogP contribution in [0.4, 0.5) is 0 Å². The van der Waals surface area contributed by atoms with Crippen molar-refractivity contribution < 1.29 is 0 Å². The van der Waals surface area contributed by atoms with Gasteiger partial charge in [0, 0.05) is 0 Å². The fourth-order valence-electron chi connectivity index (χ4n) is 1.54. The van der Waals surface area contributed by atoms with Crippen LogP contribution in [-0.4, -0.2) is 0 Å². The van der Waals surface area contributed by atoms with E-state index in [9.17, 15) is 0 Å². The molecule has 0 aliphatic carbocycles. The Kier molecular flexibility index (Phi) is 3.56. The lowest BCUT2D eigenvalue weighted by molar-refractivity contribution is 1.03. The molecule has 0 aliphatic rings. The summed E-state index contributed by atoms with van der Waals surface area (Å²) >= 11 is 0. The van der Waals surface area contributed by atoms with Gasteiger partial charge in [0.05, 0.1) is 0 Å². The van der Waals surface area contributed by atoms with Gasteiger partial charge in [-0.25, -0.2) is 0 Å². The molecule has 0 nitrogen and oxygen atoms in total. The molecule has 15 heavy (non-hydrogen) atoms. The van der Waals surface area contributed by atoms with Gasteiger partial charge in [0.25, 0.3) is 0 Å². The molecule has 0 fully saturated rings. The minimum atomic E-state index is 0.926. The molecule has 2 aromatic rings. The maximum atomic E-state index is 3.42. The van der Waals surface area contributed by atoms with Crippen molar-refractivity contribution in [1.82, 2.24) is 0 Å². The first-order valence-electron chi connectivity index (χ1n) is 5.24. The summed E-state index contributed by atoms with van der Waals surface area (Å²) in [4.78, 5) is 0. The highest BCUT2D eigenvalue weighted by atomic mass is 14.0. The van der Waals surface area contributed by atoms with Gasteiger partial charge in [-0.1, -0.05) is 60.7 Å². The molecule has 74 valence electrons. The van der Waals surface area contributed by atoms with Crippen LogP contribution in [-0.2, 0) is 12.8 Å². The van der Waals surface area contributed by atoms with Crippen molar-refractivity contribution in [2.75, 3.05) is 0 Å². The van der Waals surface area contributed by atoms with Gasteiger partial charge in [0.1, 0.15) is 0 Å². The summed E-state index contributed by atoms with van der Waals surface area (Å²) in [5.41, 5.74) is 2.65. The third-order valence-corrected chi connectivity index (χ3v) is 2.34. The maximum Gasteiger partial charge on any atom is -0.00795 e. The van der Waals surface area contributed by atoms with Crippen LogP contribution in [0, 0.1) is 6.42 Å². The minimum absolute atomic E-state index is 0.926. The Morgan fingerprint density at radius 2 is 1.00 bits per heavy atom. The predicted octanol–water partition coefficient (Wildman–Crippen LogP) is 3.55. The largest absolute Gasteiger partial charge is 0.0622 e. The Labute approximate surface area is 91.6 Å². The summed E-state index contributed by atoms with van der Waals surface area (Å²) in [5.74, 6) is 0. The SMILES string of the molecule is [C](Cc1ccccc1)Cc1ccccc1. The van der Waals surface area contributed by atoms with E-state index in [1.54, 1.807) is 0 Å². The van der Waals surface area contributed by atoms with E-state index in [0.717, 1.165) is 12.8 Å². The molecule has 0 aromatic heterocycles. The van der Waals surface area contributed by atoms with Crippen LogP contribution in [0.5, 0.6) is 0 Å². The van der Waals surface area contributed by atoms with Gasteiger partial charge in [-0.2, -0.15) is 0 Å². The normalized spacial score (nSPS) is 10.1. The third-order valence-electron chi connectivity index (χ3n) is 2.34. The number of hydrogen-bond acceptors (Lipinski definition) is 0. The van der Waals surface area contributed by atoms with E-state index in [4.69, 9.17) is 0 Å². The zero-order valence-corrected chi connectivity index (χ0v) is 8.69. The van der Waals surface area contributed by atoms with Crippen molar-refractivity contribution in [1.29, 1.82) is 0 Å². The number of benzene rings is 2. The van der Waals surface area contributed by atoms with Gasteiger partial charge in [-0.05, 0) is 30.4 Å². The zero-order chi connectivity index (χ0) is 10.3. The molecule has 2 rings (SSSR count). The molecule has 0 bridgehead atoms. The molecular formula is C15H14. The second kappa shape index (κ2) is 5.35. The molecule has 0 aliphatic heterocycles. The van der Waals surface area contributed by atoms with Gasteiger partial charge in [0.15, 0.2) is 0 Å². The highest BCUT2D eigenvalue weighted by molar-refractivity contribution is 5.20. The predicted molar refractivity (Wildman–Crippen MR) is 63.5 cm³/mol. The smallest absolute Gasteiger partial charge is 0.00795 e. The van der Waals surface area contributed by atoms with Crippen LogP contribution < -0.4 is 0 Å². The highest BCUT2D eigenvalue weighted by Gasteiger charge is 1.94. The van der Waals surface area contributed by atoms with E-state index in [1.165, 1.54) is 11.1 Å². The average molecular weight is 194 g/mol. The molecule has 0 saturated heterocycles. The molecule has 2 aromatic carbocycles. The maximum absolute atomic E-state index is 3.42. The molecule has 2 radical (unpaired) electrons. The topological polar surface area (TPSA) is 0 Å². The van der Waals surface area contributed by atoms with Crippen molar-refractivity contribution in [3.63, 3.8) is 0 Å². The molecule has 0 unspecified atom stereocenters. The lowest BCUT2D eigenvalue weighted by Gasteiger charge is -2.00. The Bertz CT molecular complexity index is 336. The molecule has 0 amide bonds. The van der Waals surface area contributed by atoms with Gasteiger partial charge < -0.3 is 0 Å². The van der Waals surface area contributed by atoms with Crippen molar-refractivity contribution >= 4 is 0 Å². The lowest BCUT2D eigenvalue weighted by atomic mass is 10.0. The molecular weight excluding hydrogens is 180 g/mol. The summed E-state index contributed by atoms with van der Waals surface area (Å²) in [5, 5.41) is 0. The Hall–Kier alpha value is -1.56. The van der Waals surface area contributed by atoms with E-state index in [-0.39, 0.29) is 0 Å². The van der Waals surface area contributed by atoms with Gasteiger partial charge in [-0.15, -0.1) is 0 Å². The minimum Gasteiger partial charge on any atom is -0.0622 e. The van der Waals surface area contributed by atoms with Crippen LogP contribution in [0.3, 0.4) is 0 Å². The van der Waals surface area contributed by atoms with E-state index < -0.39 is 0 Å². The highest BCUT2D eigenvalue weighted by Crippen LogP contribution is 2.06.